The second-order valence-electron chi connectivity index (χ2n) is 5.49. The fraction of sp³-hybridized carbons (Fsp3) is 0.500. The Morgan fingerprint density at radius 1 is 1.33 bits per heavy atom. The Hall–Kier alpha value is -1.46. The van der Waals surface area contributed by atoms with Crippen molar-refractivity contribution in [1.82, 2.24) is 4.90 Å². The summed E-state index contributed by atoms with van der Waals surface area (Å²) >= 11 is 4.92. The summed E-state index contributed by atoms with van der Waals surface area (Å²) in [5.41, 5.74) is 7.35. The first-order chi connectivity index (χ1) is 10.1. The maximum atomic E-state index is 12.5. The van der Waals surface area contributed by atoms with Gasteiger partial charge in [-0.05, 0) is 31.2 Å². The number of aliphatic hydroxyl groups is 1. The predicted octanol–water partition coefficient (Wildman–Crippen LogP) is 1.63. The molecule has 4 nitrogen and oxygen atoms in total. The van der Waals surface area contributed by atoms with Crippen molar-refractivity contribution in [3.05, 3.63) is 35.4 Å². The second-order valence-corrected chi connectivity index (χ2v) is 5.93. The Labute approximate surface area is 130 Å². The highest BCUT2D eigenvalue weighted by Crippen LogP contribution is 2.25. The van der Waals surface area contributed by atoms with Crippen molar-refractivity contribution in [2.24, 2.45) is 5.73 Å². The number of nitrogens with two attached hydrogens (primary N) is 1. The number of carbonyl (C=O) groups is 1. The van der Waals surface area contributed by atoms with Gasteiger partial charge in [-0.1, -0.05) is 36.5 Å². The van der Waals surface area contributed by atoms with Crippen LogP contribution in [0.4, 0.5) is 0 Å². The van der Waals surface area contributed by atoms with Gasteiger partial charge in [-0.2, -0.15) is 0 Å². The molecule has 21 heavy (non-hydrogen) atoms. The van der Waals surface area contributed by atoms with E-state index < -0.39 is 0 Å². The van der Waals surface area contributed by atoms with E-state index in [9.17, 15) is 4.79 Å². The van der Waals surface area contributed by atoms with E-state index in [1.54, 1.807) is 0 Å². The summed E-state index contributed by atoms with van der Waals surface area (Å²) in [6.45, 7) is 0.768. The molecule has 2 rings (SSSR count). The standard InChI is InChI=1S/C16H22N2O2S/c17-16(21)13-7-5-12(6-8-13)11-15(20)18(9-2-10-19)14-3-1-4-14/h5-8,14,19H,1-4,9-11H2,(H2,17,21). The van der Waals surface area contributed by atoms with Crippen LogP contribution in [0, 0.1) is 0 Å². The summed E-state index contributed by atoms with van der Waals surface area (Å²) in [5.74, 6) is 0.135. The van der Waals surface area contributed by atoms with Crippen LogP contribution in [0.5, 0.6) is 0 Å². The average Bonchev–Trinajstić information content (AvgIpc) is 2.41. The molecule has 0 radical (unpaired) electrons. The van der Waals surface area contributed by atoms with Gasteiger partial charge in [0.05, 0.1) is 6.42 Å². The number of amides is 1. The van der Waals surface area contributed by atoms with E-state index in [1.807, 2.05) is 29.2 Å². The molecule has 0 aliphatic heterocycles. The van der Waals surface area contributed by atoms with Crippen LogP contribution in [0.2, 0.25) is 0 Å². The highest BCUT2D eigenvalue weighted by Gasteiger charge is 2.28. The van der Waals surface area contributed by atoms with Gasteiger partial charge in [-0.3, -0.25) is 4.79 Å². The summed E-state index contributed by atoms with van der Waals surface area (Å²) < 4.78 is 0. The molecule has 3 N–H and O–H groups in total. The molecule has 0 bridgehead atoms. The van der Waals surface area contributed by atoms with Crippen LogP contribution in [0.15, 0.2) is 24.3 Å². The number of rotatable bonds is 7. The van der Waals surface area contributed by atoms with Crippen molar-refractivity contribution in [2.45, 2.75) is 38.1 Å². The van der Waals surface area contributed by atoms with Gasteiger partial charge in [0.25, 0.3) is 0 Å². The summed E-state index contributed by atoms with van der Waals surface area (Å²) in [5, 5.41) is 8.98. The Morgan fingerprint density at radius 3 is 2.48 bits per heavy atom. The first-order valence-corrected chi connectivity index (χ1v) is 7.81. The van der Waals surface area contributed by atoms with Crippen molar-refractivity contribution >= 4 is 23.1 Å². The first-order valence-electron chi connectivity index (χ1n) is 7.41. The van der Waals surface area contributed by atoms with Gasteiger partial charge in [0.2, 0.25) is 5.91 Å². The van der Waals surface area contributed by atoms with Gasteiger partial charge >= 0.3 is 0 Å². The van der Waals surface area contributed by atoms with E-state index in [2.05, 4.69) is 0 Å². The van der Waals surface area contributed by atoms with Crippen LogP contribution in [-0.2, 0) is 11.2 Å². The van der Waals surface area contributed by atoms with Crippen LogP contribution in [-0.4, -0.2) is 40.1 Å². The molecule has 1 aliphatic carbocycles. The number of thiocarbonyl (C=S) groups is 1. The third-order valence-corrected chi connectivity index (χ3v) is 4.22. The van der Waals surface area contributed by atoms with Gasteiger partial charge in [-0.25, -0.2) is 0 Å². The molecular formula is C16H22N2O2S. The average molecular weight is 306 g/mol. The molecule has 0 spiro atoms. The van der Waals surface area contributed by atoms with E-state index in [0.29, 0.717) is 30.4 Å². The quantitative estimate of drug-likeness (QED) is 0.751. The normalized spacial score (nSPS) is 14.5. The zero-order valence-electron chi connectivity index (χ0n) is 12.1. The van der Waals surface area contributed by atoms with Crippen LogP contribution in [0.3, 0.4) is 0 Å². The zero-order chi connectivity index (χ0) is 15.2. The Balaban J connectivity index is 1.98. The number of benzene rings is 1. The Morgan fingerprint density at radius 2 is 2.00 bits per heavy atom. The fourth-order valence-corrected chi connectivity index (χ4v) is 2.65. The van der Waals surface area contributed by atoms with Gasteiger partial charge in [-0.15, -0.1) is 0 Å². The molecule has 0 saturated heterocycles. The minimum absolute atomic E-state index is 0.124. The van der Waals surface area contributed by atoms with Gasteiger partial charge in [0, 0.05) is 24.8 Å². The molecule has 0 heterocycles. The molecule has 1 amide bonds. The van der Waals surface area contributed by atoms with Crippen LogP contribution in [0.1, 0.15) is 36.8 Å². The van der Waals surface area contributed by atoms with E-state index in [-0.39, 0.29) is 12.5 Å². The molecule has 1 aromatic carbocycles. The highest BCUT2D eigenvalue weighted by molar-refractivity contribution is 7.80. The maximum absolute atomic E-state index is 12.5. The van der Waals surface area contributed by atoms with E-state index in [1.165, 1.54) is 6.42 Å². The molecule has 1 saturated carbocycles. The molecule has 0 aromatic heterocycles. The number of hydrogen-bond acceptors (Lipinski definition) is 3. The smallest absolute Gasteiger partial charge is 0.227 e. The molecular weight excluding hydrogens is 284 g/mol. The largest absolute Gasteiger partial charge is 0.396 e. The molecule has 1 aliphatic rings. The number of hydrogen-bond donors (Lipinski definition) is 2. The molecule has 0 unspecified atom stereocenters. The van der Waals surface area contributed by atoms with Crippen LogP contribution < -0.4 is 5.73 Å². The lowest BCUT2D eigenvalue weighted by Gasteiger charge is -2.37. The van der Waals surface area contributed by atoms with Crippen LogP contribution >= 0.6 is 12.2 Å². The number of aliphatic hydroxyl groups excluding tert-OH is 1. The Bertz CT molecular complexity index is 498. The van der Waals surface area contributed by atoms with Crippen molar-refractivity contribution in [1.29, 1.82) is 0 Å². The molecule has 5 heteroatoms. The van der Waals surface area contributed by atoms with Crippen molar-refractivity contribution in [2.75, 3.05) is 13.2 Å². The molecule has 114 valence electrons. The van der Waals surface area contributed by atoms with E-state index in [0.717, 1.165) is 24.0 Å². The second kappa shape index (κ2) is 7.52. The highest BCUT2D eigenvalue weighted by atomic mass is 32.1. The Kier molecular flexibility index (Phi) is 5.70. The predicted molar refractivity (Wildman–Crippen MR) is 87.1 cm³/mol. The van der Waals surface area contributed by atoms with Crippen molar-refractivity contribution < 1.29 is 9.90 Å². The summed E-state index contributed by atoms with van der Waals surface area (Å²) in [7, 11) is 0. The van der Waals surface area contributed by atoms with Gasteiger partial charge < -0.3 is 15.7 Å². The summed E-state index contributed by atoms with van der Waals surface area (Å²) in [6, 6.07) is 7.87. The zero-order valence-corrected chi connectivity index (χ0v) is 12.9. The van der Waals surface area contributed by atoms with E-state index in [4.69, 9.17) is 23.1 Å². The van der Waals surface area contributed by atoms with Crippen molar-refractivity contribution in [3.8, 4) is 0 Å². The summed E-state index contributed by atoms with van der Waals surface area (Å²) in [6.07, 6.45) is 4.38. The topological polar surface area (TPSA) is 66.6 Å². The van der Waals surface area contributed by atoms with Gasteiger partial charge in [0.1, 0.15) is 4.99 Å². The first kappa shape index (κ1) is 15.9. The fourth-order valence-electron chi connectivity index (χ4n) is 2.51. The van der Waals surface area contributed by atoms with Crippen LogP contribution in [0.25, 0.3) is 0 Å². The third-order valence-electron chi connectivity index (χ3n) is 3.99. The van der Waals surface area contributed by atoms with E-state index >= 15 is 0 Å². The molecule has 0 atom stereocenters. The lowest BCUT2D eigenvalue weighted by molar-refractivity contribution is -0.134. The minimum Gasteiger partial charge on any atom is -0.396 e. The lowest BCUT2D eigenvalue weighted by atomic mass is 9.91. The minimum atomic E-state index is 0.124. The SMILES string of the molecule is NC(=S)c1ccc(CC(=O)N(CCCO)C2CCC2)cc1. The van der Waals surface area contributed by atoms with Gasteiger partial charge in [0.15, 0.2) is 0 Å². The maximum Gasteiger partial charge on any atom is 0.227 e. The summed E-state index contributed by atoms with van der Waals surface area (Å²) in [4.78, 5) is 14.8. The molecule has 1 aromatic rings. The van der Waals surface area contributed by atoms with Crippen molar-refractivity contribution in [3.63, 3.8) is 0 Å². The molecule has 1 fully saturated rings. The lowest BCUT2D eigenvalue weighted by Crippen LogP contribution is -2.45. The number of nitrogens with zero attached hydrogens (tertiary/aromatic N) is 1. The third kappa shape index (κ3) is 4.25. The number of carbonyl (C=O) groups excluding carboxylic acids is 1. The monoisotopic (exact) mass is 306 g/mol.